The van der Waals surface area contributed by atoms with Gasteiger partial charge in [-0.25, -0.2) is 0 Å². The summed E-state index contributed by atoms with van der Waals surface area (Å²) in [6.07, 6.45) is 0. The first-order chi connectivity index (χ1) is 14.5. The average Bonchev–Trinajstić information content (AvgIpc) is 3.16. The van der Waals surface area contributed by atoms with Crippen molar-refractivity contribution in [1.82, 2.24) is 0 Å². The summed E-state index contributed by atoms with van der Waals surface area (Å²) in [4.78, 5) is 26.8. The van der Waals surface area contributed by atoms with Crippen LogP contribution in [-0.4, -0.2) is 24.7 Å². The highest BCUT2D eigenvalue weighted by molar-refractivity contribution is 8.00. The number of benzene rings is 3. The van der Waals surface area contributed by atoms with Gasteiger partial charge in [0.15, 0.2) is 0 Å². The molecule has 2 amide bonds. The number of rotatable bonds is 5. The zero-order valence-electron chi connectivity index (χ0n) is 16.8. The highest BCUT2D eigenvalue weighted by atomic mass is 32.2. The van der Waals surface area contributed by atoms with E-state index in [9.17, 15) is 9.59 Å². The van der Waals surface area contributed by atoms with Gasteiger partial charge in [-0.15, -0.1) is 11.8 Å². The minimum atomic E-state index is -0.147. The molecule has 1 saturated heterocycles. The number of ether oxygens (including phenoxy) is 1. The van der Waals surface area contributed by atoms with Gasteiger partial charge in [-0.3, -0.25) is 14.5 Å². The van der Waals surface area contributed by atoms with Crippen LogP contribution in [0.25, 0.3) is 0 Å². The Morgan fingerprint density at radius 2 is 1.80 bits per heavy atom. The fourth-order valence-corrected chi connectivity index (χ4v) is 4.53. The summed E-state index contributed by atoms with van der Waals surface area (Å²) in [6.45, 7) is 1.99. The lowest BCUT2D eigenvalue weighted by molar-refractivity contribution is -0.115. The number of thioether (sulfide) groups is 1. The van der Waals surface area contributed by atoms with Gasteiger partial charge in [0, 0.05) is 23.0 Å². The molecule has 3 aromatic carbocycles. The Morgan fingerprint density at radius 3 is 2.50 bits per heavy atom. The summed E-state index contributed by atoms with van der Waals surface area (Å²) in [5, 5.41) is 2.80. The van der Waals surface area contributed by atoms with Gasteiger partial charge >= 0.3 is 0 Å². The second-order valence-corrected chi connectivity index (χ2v) is 8.14. The third-order valence-corrected chi connectivity index (χ3v) is 6.18. The van der Waals surface area contributed by atoms with Crippen LogP contribution in [0, 0.1) is 6.92 Å². The molecule has 1 atom stereocenters. The fraction of sp³-hybridized carbons (Fsp3) is 0.167. The molecule has 4 rings (SSSR count). The van der Waals surface area contributed by atoms with Gasteiger partial charge in [-0.1, -0.05) is 35.9 Å². The lowest BCUT2D eigenvalue weighted by Crippen LogP contribution is -2.27. The second-order valence-electron chi connectivity index (χ2n) is 7.07. The Kier molecular flexibility index (Phi) is 5.77. The highest BCUT2D eigenvalue weighted by Gasteiger charge is 2.34. The molecule has 1 aliphatic rings. The maximum Gasteiger partial charge on any atom is 0.255 e. The number of nitrogens with one attached hydrogen (secondary N) is 1. The predicted octanol–water partition coefficient (Wildman–Crippen LogP) is 5.03. The molecule has 0 aliphatic carbocycles. The molecule has 0 aromatic heterocycles. The molecule has 1 fully saturated rings. The molecule has 1 unspecified atom stereocenters. The van der Waals surface area contributed by atoms with Crippen LogP contribution in [0.3, 0.4) is 0 Å². The first-order valence-electron chi connectivity index (χ1n) is 9.61. The number of aryl methyl sites for hydroxylation is 1. The molecule has 0 saturated carbocycles. The summed E-state index contributed by atoms with van der Waals surface area (Å²) in [7, 11) is 1.61. The van der Waals surface area contributed by atoms with Crippen LogP contribution in [0.15, 0.2) is 72.8 Å². The van der Waals surface area contributed by atoms with Crippen molar-refractivity contribution in [3.63, 3.8) is 0 Å². The number of carbonyl (C=O) groups excluding carboxylic acids is 2. The van der Waals surface area contributed by atoms with E-state index >= 15 is 0 Å². The minimum absolute atomic E-state index is 0.0648. The third kappa shape index (κ3) is 4.19. The molecule has 0 bridgehead atoms. The van der Waals surface area contributed by atoms with Gasteiger partial charge in [-0.2, -0.15) is 0 Å². The van der Waals surface area contributed by atoms with Gasteiger partial charge in [0.05, 0.1) is 12.9 Å². The number of hydrogen-bond acceptors (Lipinski definition) is 4. The first kappa shape index (κ1) is 20.0. The van der Waals surface area contributed by atoms with Crippen LogP contribution in [0.5, 0.6) is 5.75 Å². The van der Waals surface area contributed by atoms with Crippen molar-refractivity contribution in [3.8, 4) is 5.75 Å². The van der Waals surface area contributed by atoms with Crippen LogP contribution in [0.2, 0.25) is 0 Å². The lowest BCUT2D eigenvalue weighted by Gasteiger charge is -2.25. The molecular formula is C24H22N2O3S. The monoisotopic (exact) mass is 418 g/mol. The van der Waals surface area contributed by atoms with E-state index < -0.39 is 0 Å². The van der Waals surface area contributed by atoms with Crippen molar-refractivity contribution in [2.45, 2.75) is 12.3 Å². The Morgan fingerprint density at radius 1 is 1.07 bits per heavy atom. The van der Waals surface area contributed by atoms with Gasteiger partial charge in [0.1, 0.15) is 11.1 Å². The molecule has 1 heterocycles. The van der Waals surface area contributed by atoms with E-state index in [1.54, 1.807) is 23.8 Å². The van der Waals surface area contributed by atoms with E-state index in [0.717, 1.165) is 16.8 Å². The van der Waals surface area contributed by atoms with E-state index in [1.165, 1.54) is 0 Å². The van der Waals surface area contributed by atoms with Crippen molar-refractivity contribution >= 4 is 35.0 Å². The van der Waals surface area contributed by atoms with Crippen molar-refractivity contribution in [3.05, 3.63) is 89.5 Å². The van der Waals surface area contributed by atoms with Crippen LogP contribution in [0.4, 0.5) is 11.4 Å². The minimum Gasteiger partial charge on any atom is -0.497 e. The topological polar surface area (TPSA) is 58.6 Å². The highest BCUT2D eigenvalue weighted by Crippen LogP contribution is 2.42. The Labute approximate surface area is 180 Å². The van der Waals surface area contributed by atoms with E-state index in [1.807, 2.05) is 79.7 Å². The molecule has 1 aliphatic heterocycles. The first-order valence-corrected chi connectivity index (χ1v) is 10.7. The molecule has 0 radical (unpaired) electrons. The summed E-state index contributed by atoms with van der Waals surface area (Å²) >= 11 is 1.59. The molecule has 3 aromatic rings. The number of carbonyl (C=O) groups is 2. The van der Waals surface area contributed by atoms with E-state index in [4.69, 9.17) is 4.74 Å². The number of amides is 2. The molecule has 152 valence electrons. The van der Waals surface area contributed by atoms with Gasteiger partial charge in [-0.05, 0) is 48.9 Å². The maximum absolute atomic E-state index is 12.6. The number of nitrogens with zero attached hydrogens (tertiary/aromatic N) is 1. The summed E-state index contributed by atoms with van der Waals surface area (Å²) in [5.41, 5.74) is 4.26. The number of methoxy groups -OCH3 is 1. The Hall–Kier alpha value is -3.25. The Bertz CT molecular complexity index is 1060. The smallest absolute Gasteiger partial charge is 0.255 e. The standard InChI is InChI=1S/C24H22N2O3S/c1-16-6-8-17(9-7-16)23(28)25-19-12-10-18(11-13-19)24-26(22(27)15-30-24)20-4-3-5-21(14-20)29-2/h3-14,24H,15H2,1-2H3,(H,25,28). The van der Waals surface area contributed by atoms with Crippen LogP contribution in [-0.2, 0) is 4.79 Å². The van der Waals surface area contributed by atoms with Crippen molar-refractivity contribution < 1.29 is 14.3 Å². The van der Waals surface area contributed by atoms with E-state index in [2.05, 4.69) is 5.32 Å². The third-order valence-electron chi connectivity index (χ3n) is 4.97. The van der Waals surface area contributed by atoms with Crippen LogP contribution >= 0.6 is 11.8 Å². The van der Waals surface area contributed by atoms with E-state index in [-0.39, 0.29) is 17.2 Å². The van der Waals surface area contributed by atoms with Crippen molar-refractivity contribution in [1.29, 1.82) is 0 Å². The van der Waals surface area contributed by atoms with Crippen LogP contribution < -0.4 is 15.0 Å². The predicted molar refractivity (Wildman–Crippen MR) is 121 cm³/mol. The average molecular weight is 419 g/mol. The summed E-state index contributed by atoms with van der Waals surface area (Å²) < 4.78 is 5.30. The normalized spacial score (nSPS) is 15.9. The molecular weight excluding hydrogens is 396 g/mol. The Balaban J connectivity index is 1.51. The second kappa shape index (κ2) is 8.63. The van der Waals surface area contributed by atoms with Crippen molar-refractivity contribution in [2.75, 3.05) is 23.1 Å². The summed E-state index contributed by atoms with van der Waals surface area (Å²) in [5.74, 6) is 1.06. The zero-order chi connectivity index (χ0) is 21.1. The van der Waals surface area contributed by atoms with E-state index in [0.29, 0.717) is 22.8 Å². The molecule has 6 heteroatoms. The van der Waals surface area contributed by atoms with Gasteiger partial charge in [0.25, 0.3) is 5.91 Å². The lowest BCUT2D eigenvalue weighted by atomic mass is 10.1. The van der Waals surface area contributed by atoms with Crippen molar-refractivity contribution in [2.24, 2.45) is 0 Å². The zero-order valence-corrected chi connectivity index (χ0v) is 17.6. The molecule has 5 nitrogen and oxygen atoms in total. The fourth-order valence-electron chi connectivity index (χ4n) is 3.35. The van der Waals surface area contributed by atoms with Crippen LogP contribution in [0.1, 0.15) is 26.9 Å². The summed E-state index contributed by atoms with van der Waals surface area (Å²) in [6, 6.07) is 22.6. The molecule has 0 spiro atoms. The maximum atomic E-state index is 12.6. The van der Waals surface area contributed by atoms with Gasteiger partial charge in [0.2, 0.25) is 5.91 Å². The number of hydrogen-bond donors (Lipinski definition) is 1. The largest absolute Gasteiger partial charge is 0.497 e. The molecule has 30 heavy (non-hydrogen) atoms. The number of anilines is 2. The SMILES string of the molecule is COc1cccc(N2C(=O)CSC2c2ccc(NC(=O)c3ccc(C)cc3)cc2)c1. The molecule has 1 N–H and O–H groups in total. The quantitative estimate of drug-likeness (QED) is 0.631. The van der Waals surface area contributed by atoms with Gasteiger partial charge < -0.3 is 10.1 Å².